The summed E-state index contributed by atoms with van der Waals surface area (Å²) in [5.74, 6) is 0.578. The van der Waals surface area contributed by atoms with Crippen LogP contribution in [0, 0.1) is 0 Å². The molecule has 3 aromatic rings. The van der Waals surface area contributed by atoms with Gasteiger partial charge in [-0.15, -0.1) is 0 Å². The second-order valence-electron chi connectivity index (χ2n) is 5.73. The molecule has 0 fully saturated rings. The number of carbonyl (C=O) groups is 1. The van der Waals surface area contributed by atoms with Crippen molar-refractivity contribution in [3.63, 3.8) is 0 Å². The molecule has 1 atom stereocenters. The molecule has 4 nitrogen and oxygen atoms in total. The highest BCUT2D eigenvalue weighted by atomic mass is 16.5. The number of rotatable bonds is 6. The zero-order valence-corrected chi connectivity index (χ0v) is 14.0. The molecule has 4 heteroatoms. The van der Waals surface area contributed by atoms with Crippen LogP contribution in [0.2, 0.25) is 0 Å². The minimum absolute atomic E-state index is 0.119. The van der Waals surface area contributed by atoms with Crippen LogP contribution >= 0.6 is 0 Å². The molecular weight excluding hydrogens is 300 g/mol. The van der Waals surface area contributed by atoms with Crippen LogP contribution in [0.15, 0.2) is 60.7 Å². The summed E-state index contributed by atoms with van der Waals surface area (Å²) >= 11 is 0. The standard InChI is InChI=1S/C20H22N2O2/c1-3-22-17(13-16-9-7-8-12-19(16)22)14-21-20(23)15(2)24-18-10-5-4-6-11-18/h4-13,15H,3,14H2,1-2H3,(H,21,23). The summed E-state index contributed by atoms with van der Waals surface area (Å²) < 4.78 is 7.88. The number of ether oxygens (including phenoxy) is 1. The Morgan fingerprint density at radius 1 is 1.12 bits per heavy atom. The van der Waals surface area contributed by atoms with Gasteiger partial charge in [0.25, 0.3) is 5.91 Å². The van der Waals surface area contributed by atoms with Crippen LogP contribution in [0.5, 0.6) is 5.75 Å². The van der Waals surface area contributed by atoms with Gasteiger partial charge in [-0.2, -0.15) is 0 Å². The normalized spacial score (nSPS) is 12.1. The lowest BCUT2D eigenvalue weighted by atomic mass is 10.2. The van der Waals surface area contributed by atoms with Crippen molar-refractivity contribution >= 4 is 16.8 Å². The van der Waals surface area contributed by atoms with Gasteiger partial charge in [0, 0.05) is 17.8 Å². The number of nitrogens with one attached hydrogen (secondary N) is 1. The van der Waals surface area contributed by atoms with Gasteiger partial charge in [-0.25, -0.2) is 0 Å². The van der Waals surface area contributed by atoms with E-state index in [1.54, 1.807) is 6.92 Å². The largest absolute Gasteiger partial charge is 0.481 e. The SMILES string of the molecule is CCn1c(CNC(=O)C(C)Oc2ccccc2)cc2ccccc21. The van der Waals surface area contributed by atoms with E-state index in [0.717, 1.165) is 12.2 Å². The van der Waals surface area contributed by atoms with Crippen molar-refractivity contribution in [1.29, 1.82) is 0 Å². The molecule has 1 unspecified atom stereocenters. The van der Waals surface area contributed by atoms with E-state index >= 15 is 0 Å². The summed E-state index contributed by atoms with van der Waals surface area (Å²) in [5.41, 5.74) is 2.29. The van der Waals surface area contributed by atoms with Gasteiger partial charge in [0.2, 0.25) is 0 Å². The highest BCUT2D eigenvalue weighted by Crippen LogP contribution is 2.19. The zero-order chi connectivity index (χ0) is 16.9. The lowest BCUT2D eigenvalue weighted by Gasteiger charge is -2.15. The molecule has 1 aromatic heterocycles. The first-order valence-electron chi connectivity index (χ1n) is 8.25. The molecule has 0 spiro atoms. The van der Waals surface area contributed by atoms with Crippen LogP contribution in [0.4, 0.5) is 0 Å². The van der Waals surface area contributed by atoms with Gasteiger partial charge in [0.05, 0.1) is 6.54 Å². The number of amides is 1. The summed E-state index contributed by atoms with van der Waals surface area (Å²) in [5, 5.41) is 4.16. The average molecular weight is 322 g/mol. The van der Waals surface area contributed by atoms with E-state index in [4.69, 9.17) is 4.74 Å². The van der Waals surface area contributed by atoms with Gasteiger partial charge < -0.3 is 14.6 Å². The molecule has 0 radical (unpaired) electrons. The third-order valence-electron chi connectivity index (χ3n) is 4.08. The fourth-order valence-electron chi connectivity index (χ4n) is 2.87. The fraction of sp³-hybridized carbons (Fsp3) is 0.250. The first-order chi connectivity index (χ1) is 11.7. The maximum Gasteiger partial charge on any atom is 0.261 e. The van der Waals surface area contributed by atoms with Crippen molar-refractivity contribution in [2.75, 3.05) is 0 Å². The van der Waals surface area contributed by atoms with Crippen LogP contribution in [0.1, 0.15) is 19.5 Å². The molecule has 0 bridgehead atoms. The van der Waals surface area contributed by atoms with Crippen LogP contribution < -0.4 is 10.1 Å². The number of hydrogen-bond acceptors (Lipinski definition) is 2. The highest BCUT2D eigenvalue weighted by Gasteiger charge is 2.15. The second-order valence-corrected chi connectivity index (χ2v) is 5.73. The number of carbonyl (C=O) groups excluding carboxylic acids is 1. The number of hydrogen-bond donors (Lipinski definition) is 1. The molecule has 0 aliphatic heterocycles. The molecule has 0 saturated heterocycles. The molecular formula is C20H22N2O2. The second kappa shape index (κ2) is 7.21. The fourth-order valence-corrected chi connectivity index (χ4v) is 2.87. The van der Waals surface area contributed by atoms with E-state index in [1.165, 1.54) is 10.9 Å². The molecule has 124 valence electrons. The Hall–Kier alpha value is -2.75. The predicted octanol–water partition coefficient (Wildman–Crippen LogP) is 3.74. The van der Waals surface area contributed by atoms with E-state index in [0.29, 0.717) is 12.3 Å². The van der Waals surface area contributed by atoms with Crippen LogP contribution in [0.25, 0.3) is 10.9 Å². The highest BCUT2D eigenvalue weighted by molar-refractivity contribution is 5.82. The van der Waals surface area contributed by atoms with Crippen molar-refractivity contribution in [2.45, 2.75) is 33.0 Å². The Labute approximate surface area is 142 Å². The molecule has 1 N–H and O–H groups in total. The summed E-state index contributed by atoms with van der Waals surface area (Å²) in [4.78, 5) is 12.3. The third-order valence-corrected chi connectivity index (χ3v) is 4.08. The van der Waals surface area contributed by atoms with E-state index in [2.05, 4.69) is 35.0 Å². The third kappa shape index (κ3) is 3.43. The molecule has 1 amide bonds. The van der Waals surface area contributed by atoms with Gasteiger partial charge in [0.1, 0.15) is 5.75 Å². The Morgan fingerprint density at radius 2 is 1.83 bits per heavy atom. The van der Waals surface area contributed by atoms with E-state index in [1.807, 2.05) is 42.5 Å². The quantitative estimate of drug-likeness (QED) is 0.751. The number of nitrogens with zero attached hydrogens (tertiary/aromatic N) is 1. The monoisotopic (exact) mass is 322 g/mol. The summed E-state index contributed by atoms with van der Waals surface area (Å²) in [6, 6.07) is 19.8. The number of benzene rings is 2. The van der Waals surface area contributed by atoms with E-state index < -0.39 is 6.10 Å². The lowest BCUT2D eigenvalue weighted by Crippen LogP contribution is -2.36. The van der Waals surface area contributed by atoms with E-state index in [9.17, 15) is 4.79 Å². The van der Waals surface area contributed by atoms with Crippen LogP contribution in [-0.2, 0) is 17.9 Å². The summed E-state index contributed by atoms with van der Waals surface area (Å²) in [6.45, 7) is 5.23. The Bertz CT molecular complexity index is 824. The Kier molecular flexibility index (Phi) is 4.85. The molecule has 24 heavy (non-hydrogen) atoms. The van der Waals surface area contributed by atoms with Gasteiger partial charge in [0.15, 0.2) is 6.10 Å². The minimum Gasteiger partial charge on any atom is -0.481 e. The molecule has 1 heterocycles. The Balaban J connectivity index is 1.66. The zero-order valence-electron chi connectivity index (χ0n) is 14.0. The first kappa shape index (κ1) is 16.1. The molecule has 0 aliphatic carbocycles. The van der Waals surface area contributed by atoms with E-state index in [-0.39, 0.29) is 5.91 Å². The molecule has 2 aromatic carbocycles. The molecule has 0 saturated carbocycles. The van der Waals surface area contributed by atoms with Crippen molar-refractivity contribution in [3.8, 4) is 5.75 Å². The van der Waals surface area contributed by atoms with Crippen molar-refractivity contribution in [2.24, 2.45) is 0 Å². The topological polar surface area (TPSA) is 43.3 Å². The van der Waals surface area contributed by atoms with Crippen molar-refractivity contribution < 1.29 is 9.53 Å². The van der Waals surface area contributed by atoms with Gasteiger partial charge in [-0.1, -0.05) is 36.4 Å². The number of para-hydroxylation sites is 2. The summed E-state index contributed by atoms with van der Waals surface area (Å²) in [7, 11) is 0. The van der Waals surface area contributed by atoms with Gasteiger partial charge in [-0.05, 0) is 43.5 Å². The van der Waals surface area contributed by atoms with Gasteiger partial charge in [-0.3, -0.25) is 4.79 Å². The Morgan fingerprint density at radius 3 is 2.58 bits per heavy atom. The maximum atomic E-state index is 12.3. The number of aromatic nitrogens is 1. The van der Waals surface area contributed by atoms with Crippen LogP contribution in [-0.4, -0.2) is 16.6 Å². The number of fused-ring (bicyclic) bond motifs is 1. The molecule has 3 rings (SSSR count). The van der Waals surface area contributed by atoms with Crippen molar-refractivity contribution in [1.82, 2.24) is 9.88 Å². The molecule has 0 aliphatic rings. The van der Waals surface area contributed by atoms with Crippen molar-refractivity contribution in [3.05, 3.63) is 66.4 Å². The maximum absolute atomic E-state index is 12.3. The first-order valence-corrected chi connectivity index (χ1v) is 8.25. The number of aryl methyl sites for hydroxylation is 1. The smallest absolute Gasteiger partial charge is 0.261 e. The average Bonchev–Trinajstić information content (AvgIpc) is 2.98. The van der Waals surface area contributed by atoms with Gasteiger partial charge >= 0.3 is 0 Å². The predicted molar refractivity (Wildman–Crippen MR) is 96.0 cm³/mol. The minimum atomic E-state index is -0.535. The van der Waals surface area contributed by atoms with Crippen LogP contribution in [0.3, 0.4) is 0 Å². The summed E-state index contributed by atoms with van der Waals surface area (Å²) in [6.07, 6.45) is -0.535. The lowest BCUT2D eigenvalue weighted by molar-refractivity contribution is -0.127.